The van der Waals surface area contributed by atoms with E-state index >= 15 is 0 Å². The van der Waals surface area contributed by atoms with E-state index in [4.69, 9.17) is 4.74 Å². The Morgan fingerprint density at radius 2 is 1.63 bits per heavy atom. The molecule has 2 aromatic carbocycles. The van der Waals surface area contributed by atoms with E-state index in [9.17, 15) is 36.2 Å². The molecule has 0 spiro atoms. The van der Waals surface area contributed by atoms with Gasteiger partial charge in [0.15, 0.2) is 11.6 Å². The van der Waals surface area contributed by atoms with Crippen LogP contribution in [0.15, 0.2) is 54.6 Å². The second kappa shape index (κ2) is 9.44. The Kier molecular flexibility index (Phi) is 6.56. The van der Waals surface area contributed by atoms with Crippen LogP contribution in [0.2, 0.25) is 0 Å². The lowest BCUT2D eigenvalue weighted by Crippen LogP contribution is -2.28. The molecular formula is C25H17F6NO3. The Bertz CT molecular complexity index is 1320. The molecule has 0 bridgehead atoms. The third-order valence-electron chi connectivity index (χ3n) is 5.57. The fraction of sp³-hybridized carbons (Fsp3) is 0.200. The van der Waals surface area contributed by atoms with Gasteiger partial charge < -0.3 is 9.84 Å². The highest BCUT2D eigenvalue weighted by molar-refractivity contribution is 5.93. The van der Waals surface area contributed by atoms with Crippen molar-refractivity contribution in [3.05, 3.63) is 94.6 Å². The predicted molar refractivity (Wildman–Crippen MR) is 114 cm³/mol. The van der Waals surface area contributed by atoms with Gasteiger partial charge in [0.2, 0.25) is 6.10 Å². The molecule has 1 aromatic heterocycles. The lowest BCUT2D eigenvalue weighted by atomic mass is 9.99. The molecule has 4 rings (SSSR count). The van der Waals surface area contributed by atoms with Crippen molar-refractivity contribution in [2.24, 2.45) is 0 Å². The maximum absolute atomic E-state index is 14.1. The first-order valence-corrected chi connectivity index (χ1v) is 10.5. The van der Waals surface area contributed by atoms with Gasteiger partial charge in [-0.1, -0.05) is 18.2 Å². The molecule has 1 unspecified atom stereocenters. The van der Waals surface area contributed by atoms with Gasteiger partial charge in [-0.3, -0.25) is 0 Å². The lowest BCUT2D eigenvalue weighted by Gasteiger charge is -2.23. The molecule has 1 atom stereocenters. The molecule has 1 aliphatic carbocycles. The number of pyridine rings is 1. The second-order valence-corrected chi connectivity index (χ2v) is 7.85. The summed E-state index contributed by atoms with van der Waals surface area (Å²) in [5, 5.41) is 9.21. The second-order valence-electron chi connectivity index (χ2n) is 7.85. The van der Waals surface area contributed by atoms with E-state index in [2.05, 4.69) is 4.98 Å². The summed E-state index contributed by atoms with van der Waals surface area (Å²) in [4.78, 5) is 15.4. The molecule has 1 N–H and O–H groups in total. The molecule has 1 aliphatic rings. The van der Waals surface area contributed by atoms with E-state index < -0.39 is 41.3 Å². The first-order valence-electron chi connectivity index (χ1n) is 10.5. The number of hydrogen-bond donors (Lipinski definition) is 1. The largest absolute Gasteiger partial charge is 0.477 e. The van der Waals surface area contributed by atoms with Crippen molar-refractivity contribution < 1.29 is 41.0 Å². The first-order chi connectivity index (χ1) is 16.6. The van der Waals surface area contributed by atoms with Crippen LogP contribution in [0.5, 0.6) is 5.75 Å². The van der Waals surface area contributed by atoms with Gasteiger partial charge in [-0.15, -0.1) is 0 Å². The molecule has 0 radical (unpaired) electrons. The zero-order chi connectivity index (χ0) is 25.3. The van der Waals surface area contributed by atoms with E-state index in [0.29, 0.717) is 42.7 Å². The highest BCUT2D eigenvalue weighted by Crippen LogP contribution is 2.42. The molecule has 0 saturated heterocycles. The number of carboxylic acids is 1. The number of nitrogens with zero attached hydrogens (tertiary/aromatic N) is 1. The van der Waals surface area contributed by atoms with Crippen LogP contribution in [0.4, 0.5) is 26.3 Å². The zero-order valence-electron chi connectivity index (χ0n) is 17.9. The van der Waals surface area contributed by atoms with Crippen molar-refractivity contribution in [2.45, 2.75) is 31.5 Å². The fourth-order valence-corrected chi connectivity index (χ4v) is 4.03. The monoisotopic (exact) mass is 493 g/mol. The average Bonchev–Trinajstić information content (AvgIpc) is 3.31. The molecule has 0 saturated carbocycles. The number of aromatic nitrogens is 1. The number of carboxylic acid groups (broad SMARTS) is 1. The molecule has 0 amide bonds. The van der Waals surface area contributed by atoms with Gasteiger partial charge in [-0.25, -0.2) is 22.9 Å². The van der Waals surface area contributed by atoms with Crippen molar-refractivity contribution in [1.29, 1.82) is 0 Å². The summed E-state index contributed by atoms with van der Waals surface area (Å²) in [6.45, 7) is 0. The van der Waals surface area contributed by atoms with Crippen molar-refractivity contribution in [3.8, 4) is 5.75 Å². The Morgan fingerprint density at radius 3 is 2.34 bits per heavy atom. The minimum Gasteiger partial charge on any atom is -0.477 e. The quantitative estimate of drug-likeness (QED) is 0.298. The van der Waals surface area contributed by atoms with Crippen LogP contribution >= 0.6 is 0 Å². The maximum atomic E-state index is 14.1. The summed E-state index contributed by atoms with van der Waals surface area (Å²) in [5.41, 5.74) is 0.667. The number of allylic oxidation sites excluding steroid dienone is 2. The number of alkyl halides is 3. The van der Waals surface area contributed by atoms with Crippen molar-refractivity contribution in [3.63, 3.8) is 0 Å². The van der Waals surface area contributed by atoms with Crippen molar-refractivity contribution in [1.82, 2.24) is 4.98 Å². The Morgan fingerprint density at radius 1 is 0.943 bits per heavy atom. The van der Waals surface area contributed by atoms with Crippen LogP contribution in [0, 0.1) is 17.5 Å². The van der Waals surface area contributed by atoms with Crippen LogP contribution in [0.1, 0.15) is 52.7 Å². The van der Waals surface area contributed by atoms with Gasteiger partial charge >= 0.3 is 12.1 Å². The fourth-order valence-electron chi connectivity index (χ4n) is 4.03. The summed E-state index contributed by atoms with van der Waals surface area (Å²) >= 11 is 0. The number of halogens is 6. The number of rotatable bonds is 6. The third-order valence-corrected chi connectivity index (χ3v) is 5.57. The van der Waals surface area contributed by atoms with Crippen LogP contribution in [-0.2, 0) is 0 Å². The number of carbonyl (C=O) groups is 1. The van der Waals surface area contributed by atoms with E-state index in [1.54, 1.807) is 18.2 Å². The summed E-state index contributed by atoms with van der Waals surface area (Å²) < 4.78 is 88.0. The van der Waals surface area contributed by atoms with Crippen LogP contribution < -0.4 is 4.74 Å². The SMILES string of the molecule is O=C(O)c1cccc(C2=C(c3cccc(OC(c4c(F)ccc(F)c4F)C(F)(F)F)c3)CCC2)n1. The van der Waals surface area contributed by atoms with Gasteiger partial charge in [-0.05, 0) is 72.4 Å². The predicted octanol–water partition coefficient (Wildman–Crippen LogP) is 6.97. The number of ether oxygens (including phenoxy) is 1. The molecule has 4 nitrogen and oxygen atoms in total. The summed E-state index contributed by atoms with van der Waals surface area (Å²) in [5.74, 6) is -6.73. The maximum Gasteiger partial charge on any atom is 0.429 e. The van der Waals surface area contributed by atoms with Gasteiger partial charge in [-0.2, -0.15) is 13.2 Å². The standard InChI is InChI=1S/C25H17F6NO3/c26-17-10-11-18(27)22(28)21(17)23(25(29,30)31)35-14-5-1-4-13(12-14)15-6-2-7-16(15)19-8-3-9-20(32-19)24(33)34/h1,3-5,8-12,23H,2,6-7H2,(H,33,34). The van der Waals surface area contributed by atoms with Gasteiger partial charge in [0.1, 0.15) is 17.3 Å². The van der Waals surface area contributed by atoms with E-state index in [1.807, 2.05) is 0 Å². The highest BCUT2D eigenvalue weighted by Gasteiger charge is 2.46. The molecular weight excluding hydrogens is 476 g/mol. The number of benzene rings is 2. The smallest absolute Gasteiger partial charge is 0.429 e. The van der Waals surface area contributed by atoms with Crippen LogP contribution in [-0.4, -0.2) is 22.2 Å². The Hall–Kier alpha value is -3.82. The third kappa shape index (κ3) is 5.01. The summed E-state index contributed by atoms with van der Waals surface area (Å²) in [7, 11) is 0. The molecule has 35 heavy (non-hydrogen) atoms. The topological polar surface area (TPSA) is 59.4 Å². The van der Waals surface area contributed by atoms with Crippen molar-refractivity contribution in [2.75, 3.05) is 0 Å². The van der Waals surface area contributed by atoms with E-state index in [0.717, 1.165) is 11.1 Å². The van der Waals surface area contributed by atoms with Crippen LogP contribution in [0.25, 0.3) is 11.1 Å². The van der Waals surface area contributed by atoms with Gasteiger partial charge in [0.05, 0.1) is 11.3 Å². The first kappa shape index (κ1) is 24.3. The van der Waals surface area contributed by atoms with Gasteiger partial charge in [0.25, 0.3) is 0 Å². The van der Waals surface area contributed by atoms with E-state index in [1.165, 1.54) is 24.3 Å². The van der Waals surface area contributed by atoms with Crippen molar-refractivity contribution >= 4 is 17.1 Å². The highest BCUT2D eigenvalue weighted by atomic mass is 19.4. The summed E-state index contributed by atoms with van der Waals surface area (Å²) in [6.07, 6.45) is -6.50. The number of aromatic carboxylic acids is 1. The van der Waals surface area contributed by atoms with Gasteiger partial charge in [0, 0.05) is 0 Å². The Labute approximate surface area is 195 Å². The molecule has 0 fully saturated rings. The molecule has 3 aromatic rings. The molecule has 0 aliphatic heterocycles. The minimum absolute atomic E-state index is 0.148. The molecule has 10 heteroatoms. The molecule has 182 valence electrons. The average molecular weight is 493 g/mol. The van der Waals surface area contributed by atoms with E-state index in [-0.39, 0.29) is 11.4 Å². The van der Waals surface area contributed by atoms with Crippen LogP contribution in [0.3, 0.4) is 0 Å². The molecule has 1 heterocycles. The number of hydrogen-bond acceptors (Lipinski definition) is 3. The normalized spacial score (nSPS) is 14.8. The Balaban J connectivity index is 1.73. The zero-order valence-corrected chi connectivity index (χ0v) is 17.9. The lowest BCUT2D eigenvalue weighted by molar-refractivity contribution is -0.199. The summed E-state index contributed by atoms with van der Waals surface area (Å²) in [6, 6.07) is 10.8. The minimum atomic E-state index is -5.25.